The number of amides is 1. The number of rotatable bonds is 4. The fourth-order valence-corrected chi connectivity index (χ4v) is 2.01. The van der Waals surface area contributed by atoms with Crippen molar-refractivity contribution in [3.63, 3.8) is 0 Å². The Hall–Kier alpha value is -0.830. The van der Waals surface area contributed by atoms with Crippen LogP contribution in [0.3, 0.4) is 0 Å². The molecule has 1 aromatic rings. The van der Waals surface area contributed by atoms with Crippen LogP contribution in [0, 0.1) is 0 Å². The Morgan fingerprint density at radius 1 is 1.26 bits per heavy atom. The standard InChI is InChI=1S/C16H24BrNO/c1-12(17)10-11-18(5)15(19)13-6-8-14(9-7-13)16(2,3)4/h6-9,12H,10-11H2,1-5H3. The topological polar surface area (TPSA) is 20.3 Å². The molecule has 0 N–H and O–H groups in total. The van der Waals surface area contributed by atoms with Gasteiger partial charge in [0.15, 0.2) is 0 Å². The maximum absolute atomic E-state index is 12.2. The van der Waals surface area contributed by atoms with E-state index < -0.39 is 0 Å². The minimum atomic E-state index is 0.0913. The molecule has 0 aromatic heterocycles. The summed E-state index contributed by atoms with van der Waals surface area (Å²) in [4.78, 5) is 14.4. The number of alkyl halides is 1. The number of carbonyl (C=O) groups is 1. The molecule has 0 radical (unpaired) electrons. The van der Waals surface area contributed by atoms with E-state index in [9.17, 15) is 4.79 Å². The Morgan fingerprint density at radius 3 is 2.21 bits per heavy atom. The number of hydrogen-bond acceptors (Lipinski definition) is 1. The second kappa shape index (κ2) is 6.56. The van der Waals surface area contributed by atoms with Crippen molar-refractivity contribution in [2.24, 2.45) is 0 Å². The molecular weight excluding hydrogens is 302 g/mol. The molecule has 0 spiro atoms. The van der Waals surface area contributed by atoms with E-state index in [1.165, 1.54) is 5.56 Å². The average molecular weight is 326 g/mol. The number of hydrogen-bond donors (Lipinski definition) is 0. The molecule has 1 atom stereocenters. The summed E-state index contributed by atoms with van der Waals surface area (Å²) in [5.74, 6) is 0.0913. The van der Waals surface area contributed by atoms with Crippen molar-refractivity contribution in [3.8, 4) is 0 Å². The first-order valence-electron chi connectivity index (χ1n) is 6.72. The van der Waals surface area contributed by atoms with E-state index >= 15 is 0 Å². The van der Waals surface area contributed by atoms with Gasteiger partial charge in [-0.25, -0.2) is 0 Å². The fraction of sp³-hybridized carbons (Fsp3) is 0.562. The Labute approximate surface area is 125 Å². The van der Waals surface area contributed by atoms with E-state index in [4.69, 9.17) is 0 Å². The molecule has 0 fully saturated rings. The molecule has 1 aromatic carbocycles. The zero-order valence-corrected chi connectivity index (χ0v) is 14.1. The number of carbonyl (C=O) groups excluding carboxylic acids is 1. The smallest absolute Gasteiger partial charge is 0.253 e. The molecule has 2 nitrogen and oxygen atoms in total. The molecule has 0 aliphatic rings. The third-order valence-corrected chi connectivity index (χ3v) is 3.66. The molecule has 19 heavy (non-hydrogen) atoms. The molecule has 1 amide bonds. The normalized spacial score (nSPS) is 13.2. The van der Waals surface area contributed by atoms with E-state index in [0.29, 0.717) is 4.83 Å². The first kappa shape index (κ1) is 16.2. The predicted molar refractivity (Wildman–Crippen MR) is 85.1 cm³/mol. The molecule has 0 aliphatic heterocycles. The van der Waals surface area contributed by atoms with Gasteiger partial charge in [0, 0.05) is 24.0 Å². The van der Waals surface area contributed by atoms with Crippen LogP contribution in [0.25, 0.3) is 0 Å². The SMILES string of the molecule is CC(Br)CCN(C)C(=O)c1ccc(C(C)(C)C)cc1. The second-order valence-corrected chi connectivity index (χ2v) is 7.69. The highest BCUT2D eigenvalue weighted by Gasteiger charge is 2.16. The van der Waals surface area contributed by atoms with Crippen LogP contribution >= 0.6 is 15.9 Å². The van der Waals surface area contributed by atoms with E-state index in [1.54, 1.807) is 4.90 Å². The van der Waals surface area contributed by atoms with Crippen LogP contribution in [0.15, 0.2) is 24.3 Å². The predicted octanol–water partition coefficient (Wildman–Crippen LogP) is 4.23. The van der Waals surface area contributed by atoms with Gasteiger partial charge in [-0.05, 0) is 29.5 Å². The molecule has 0 bridgehead atoms. The van der Waals surface area contributed by atoms with Crippen LogP contribution in [-0.4, -0.2) is 29.2 Å². The number of halogens is 1. The molecule has 1 unspecified atom stereocenters. The highest BCUT2D eigenvalue weighted by molar-refractivity contribution is 9.09. The molecule has 1 rings (SSSR count). The largest absolute Gasteiger partial charge is 0.342 e. The minimum Gasteiger partial charge on any atom is -0.342 e. The minimum absolute atomic E-state index is 0.0913. The number of benzene rings is 1. The number of nitrogens with zero attached hydrogens (tertiary/aromatic N) is 1. The van der Waals surface area contributed by atoms with Gasteiger partial charge >= 0.3 is 0 Å². The van der Waals surface area contributed by atoms with E-state index in [2.05, 4.69) is 43.6 Å². The summed E-state index contributed by atoms with van der Waals surface area (Å²) < 4.78 is 0. The van der Waals surface area contributed by atoms with Crippen LogP contribution < -0.4 is 0 Å². The van der Waals surface area contributed by atoms with Crippen LogP contribution in [0.4, 0.5) is 0 Å². The van der Waals surface area contributed by atoms with Gasteiger partial charge in [0.1, 0.15) is 0 Å². The van der Waals surface area contributed by atoms with Gasteiger partial charge in [0.25, 0.3) is 5.91 Å². The highest BCUT2D eigenvalue weighted by Crippen LogP contribution is 2.22. The fourth-order valence-electron chi connectivity index (χ4n) is 1.81. The summed E-state index contributed by atoms with van der Waals surface area (Å²) in [6.45, 7) is 9.39. The van der Waals surface area contributed by atoms with Crippen molar-refractivity contribution >= 4 is 21.8 Å². The Balaban J connectivity index is 2.72. The molecule has 0 saturated heterocycles. The van der Waals surface area contributed by atoms with Gasteiger partial charge in [-0.2, -0.15) is 0 Å². The van der Waals surface area contributed by atoms with Gasteiger partial charge in [-0.15, -0.1) is 0 Å². The molecular formula is C16H24BrNO. The zero-order valence-electron chi connectivity index (χ0n) is 12.5. The first-order chi connectivity index (χ1) is 8.71. The van der Waals surface area contributed by atoms with Crippen molar-refractivity contribution in [1.82, 2.24) is 4.90 Å². The summed E-state index contributed by atoms with van der Waals surface area (Å²) in [5.41, 5.74) is 2.14. The van der Waals surface area contributed by atoms with Crippen LogP contribution in [0.1, 0.15) is 50.0 Å². The van der Waals surface area contributed by atoms with Gasteiger partial charge in [-0.3, -0.25) is 4.79 Å². The lowest BCUT2D eigenvalue weighted by Gasteiger charge is -2.21. The van der Waals surface area contributed by atoms with Crippen molar-refractivity contribution in [2.45, 2.75) is 44.4 Å². The van der Waals surface area contributed by atoms with Gasteiger partial charge in [0.2, 0.25) is 0 Å². The van der Waals surface area contributed by atoms with Crippen molar-refractivity contribution < 1.29 is 4.79 Å². The van der Waals surface area contributed by atoms with E-state index in [0.717, 1.165) is 18.5 Å². The molecule has 3 heteroatoms. The Kier molecular flexibility index (Phi) is 5.60. The summed E-state index contributed by atoms with van der Waals surface area (Å²) in [6, 6.07) is 7.95. The third kappa shape index (κ3) is 4.98. The molecule has 0 heterocycles. The Bertz CT molecular complexity index is 417. The monoisotopic (exact) mass is 325 g/mol. The average Bonchev–Trinajstić information content (AvgIpc) is 2.34. The molecule has 0 aliphatic carbocycles. The maximum Gasteiger partial charge on any atom is 0.253 e. The summed E-state index contributed by atoms with van der Waals surface area (Å²) in [7, 11) is 1.86. The van der Waals surface area contributed by atoms with Crippen molar-refractivity contribution in [2.75, 3.05) is 13.6 Å². The van der Waals surface area contributed by atoms with Crippen LogP contribution in [-0.2, 0) is 5.41 Å². The van der Waals surface area contributed by atoms with Gasteiger partial charge in [0.05, 0.1) is 0 Å². The Morgan fingerprint density at radius 2 is 1.79 bits per heavy atom. The van der Waals surface area contributed by atoms with Gasteiger partial charge < -0.3 is 4.90 Å². The first-order valence-corrected chi connectivity index (χ1v) is 7.63. The summed E-state index contributed by atoms with van der Waals surface area (Å²) >= 11 is 3.50. The van der Waals surface area contributed by atoms with E-state index in [-0.39, 0.29) is 11.3 Å². The van der Waals surface area contributed by atoms with Crippen LogP contribution in [0.2, 0.25) is 0 Å². The molecule has 106 valence electrons. The van der Waals surface area contributed by atoms with Gasteiger partial charge in [-0.1, -0.05) is 55.8 Å². The summed E-state index contributed by atoms with van der Waals surface area (Å²) in [5, 5.41) is 0. The van der Waals surface area contributed by atoms with Crippen molar-refractivity contribution in [1.29, 1.82) is 0 Å². The zero-order chi connectivity index (χ0) is 14.6. The highest BCUT2D eigenvalue weighted by atomic mass is 79.9. The van der Waals surface area contributed by atoms with Crippen molar-refractivity contribution in [3.05, 3.63) is 35.4 Å². The van der Waals surface area contributed by atoms with E-state index in [1.807, 2.05) is 31.3 Å². The lowest BCUT2D eigenvalue weighted by molar-refractivity contribution is 0.0794. The quantitative estimate of drug-likeness (QED) is 0.758. The second-order valence-electron chi connectivity index (χ2n) is 6.12. The maximum atomic E-state index is 12.2. The lowest BCUT2D eigenvalue weighted by Crippen LogP contribution is -2.28. The summed E-state index contributed by atoms with van der Waals surface area (Å²) in [6.07, 6.45) is 0.961. The molecule has 0 saturated carbocycles. The third-order valence-electron chi connectivity index (χ3n) is 3.21. The lowest BCUT2D eigenvalue weighted by atomic mass is 9.86. The van der Waals surface area contributed by atoms with Crippen LogP contribution in [0.5, 0.6) is 0 Å².